The standard InChI is InChI=1S/C11H11BrO/c12-10-7-9-4-2-1-3-8(9)5-6-11(10)13/h1-4,7,11,13H,5-6H2. The van der Waals surface area contributed by atoms with Crippen molar-refractivity contribution in [3.05, 3.63) is 39.9 Å². The summed E-state index contributed by atoms with van der Waals surface area (Å²) in [6.45, 7) is 0. The fourth-order valence-electron chi connectivity index (χ4n) is 1.58. The number of fused-ring (bicyclic) bond motifs is 1. The van der Waals surface area contributed by atoms with Crippen LogP contribution in [0, 0.1) is 0 Å². The Morgan fingerprint density at radius 2 is 2.08 bits per heavy atom. The lowest BCUT2D eigenvalue weighted by atomic mass is 10.0. The molecule has 68 valence electrons. The van der Waals surface area contributed by atoms with E-state index in [4.69, 9.17) is 0 Å². The summed E-state index contributed by atoms with van der Waals surface area (Å²) in [6, 6.07) is 8.25. The third-order valence-electron chi connectivity index (χ3n) is 2.35. The Morgan fingerprint density at radius 3 is 2.92 bits per heavy atom. The molecule has 1 aromatic rings. The summed E-state index contributed by atoms with van der Waals surface area (Å²) in [5.74, 6) is 0. The number of benzene rings is 1. The summed E-state index contributed by atoms with van der Waals surface area (Å²) in [7, 11) is 0. The van der Waals surface area contributed by atoms with Crippen LogP contribution < -0.4 is 0 Å². The molecule has 1 nitrogen and oxygen atoms in total. The first-order chi connectivity index (χ1) is 6.27. The molecule has 0 fully saturated rings. The lowest BCUT2D eigenvalue weighted by molar-refractivity contribution is 0.212. The normalized spacial score (nSPS) is 21.7. The smallest absolute Gasteiger partial charge is 0.0857 e. The highest BCUT2D eigenvalue weighted by atomic mass is 79.9. The van der Waals surface area contributed by atoms with Gasteiger partial charge < -0.3 is 5.11 Å². The first-order valence-corrected chi connectivity index (χ1v) is 5.20. The van der Waals surface area contributed by atoms with Crippen molar-refractivity contribution in [2.24, 2.45) is 0 Å². The maximum Gasteiger partial charge on any atom is 0.0857 e. The third kappa shape index (κ3) is 1.84. The molecule has 1 aliphatic carbocycles. The molecule has 0 amide bonds. The van der Waals surface area contributed by atoms with E-state index >= 15 is 0 Å². The molecule has 1 atom stereocenters. The summed E-state index contributed by atoms with van der Waals surface area (Å²) in [4.78, 5) is 0. The summed E-state index contributed by atoms with van der Waals surface area (Å²) < 4.78 is 0.887. The predicted octanol–water partition coefficient (Wildman–Crippen LogP) is 2.73. The van der Waals surface area contributed by atoms with Gasteiger partial charge in [0.15, 0.2) is 0 Å². The maximum atomic E-state index is 9.61. The van der Waals surface area contributed by atoms with E-state index in [0.717, 1.165) is 17.3 Å². The number of rotatable bonds is 0. The van der Waals surface area contributed by atoms with Gasteiger partial charge in [-0.25, -0.2) is 0 Å². The van der Waals surface area contributed by atoms with Gasteiger partial charge in [0.2, 0.25) is 0 Å². The molecular formula is C11H11BrO. The summed E-state index contributed by atoms with van der Waals surface area (Å²) >= 11 is 3.38. The zero-order valence-corrected chi connectivity index (χ0v) is 8.79. The quantitative estimate of drug-likeness (QED) is 0.738. The van der Waals surface area contributed by atoms with Crippen LogP contribution in [0.5, 0.6) is 0 Å². The number of aliphatic hydroxyl groups is 1. The van der Waals surface area contributed by atoms with Crippen LogP contribution in [-0.4, -0.2) is 11.2 Å². The van der Waals surface area contributed by atoms with Gasteiger partial charge in [-0.2, -0.15) is 0 Å². The highest BCUT2D eigenvalue weighted by molar-refractivity contribution is 9.11. The summed E-state index contributed by atoms with van der Waals surface area (Å²) in [5, 5.41) is 9.61. The second-order valence-electron chi connectivity index (χ2n) is 3.28. The van der Waals surface area contributed by atoms with E-state index in [-0.39, 0.29) is 6.10 Å². The van der Waals surface area contributed by atoms with Crippen molar-refractivity contribution >= 4 is 22.0 Å². The maximum absolute atomic E-state index is 9.61. The summed E-state index contributed by atoms with van der Waals surface area (Å²) in [6.07, 6.45) is 3.41. The Labute approximate surface area is 86.2 Å². The molecule has 0 saturated heterocycles. The minimum absolute atomic E-state index is 0.340. The van der Waals surface area contributed by atoms with Crippen molar-refractivity contribution in [2.45, 2.75) is 18.9 Å². The van der Waals surface area contributed by atoms with Crippen LogP contribution in [-0.2, 0) is 6.42 Å². The van der Waals surface area contributed by atoms with Gasteiger partial charge in [0.25, 0.3) is 0 Å². The highest BCUT2D eigenvalue weighted by Crippen LogP contribution is 2.26. The van der Waals surface area contributed by atoms with E-state index in [0.29, 0.717) is 0 Å². The fraction of sp³-hybridized carbons (Fsp3) is 0.273. The fourth-order valence-corrected chi connectivity index (χ4v) is 2.05. The van der Waals surface area contributed by atoms with Gasteiger partial charge in [0, 0.05) is 4.48 Å². The second kappa shape index (κ2) is 3.64. The van der Waals surface area contributed by atoms with Gasteiger partial charge in [-0.3, -0.25) is 0 Å². The third-order valence-corrected chi connectivity index (χ3v) is 3.11. The van der Waals surface area contributed by atoms with Gasteiger partial charge in [-0.05, 0) is 30.0 Å². The van der Waals surface area contributed by atoms with E-state index in [1.165, 1.54) is 11.1 Å². The van der Waals surface area contributed by atoms with Crippen molar-refractivity contribution in [1.82, 2.24) is 0 Å². The van der Waals surface area contributed by atoms with Gasteiger partial charge in [-0.1, -0.05) is 40.2 Å². The van der Waals surface area contributed by atoms with Crippen LogP contribution in [0.2, 0.25) is 0 Å². The average molecular weight is 239 g/mol. The lowest BCUT2D eigenvalue weighted by Crippen LogP contribution is -2.05. The molecule has 0 spiro atoms. The minimum atomic E-state index is -0.340. The van der Waals surface area contributed by atoms with Crippen molar-refractivity contribution in [3.8, 4) is 0 Å². The molecule has 0 heterocycles. The Hall–Kier alpha value is -0.600. The van der Waals surface area contributed by atoms with Crippen LogP contribution in [0.1, 0.15) is 17.5 Å². The van der Waals surface area contributed by atoms with Crippen LogP contribution in [0.25, 0.3) is 6.08 Å². The van der Waals surface area contributed by atoms with Crippen LogP contribution in [0.4, 0.5) is 0 Å². The monoisotopic (exact) mass is 238 g/mol. The van der Waals surface area contributed by atoms with E-state index < -0.39 is 0 Å². The zero-order chi connectivity index (χ0) is 9.26. The molecule has 0 aliphatic heterocycles. The van der Waals surface area contributed by atoms with Gasteiger partial charge in [-0.15, -0.1) is 0 Å². The second-order valence-corrected chi connectivity index (χ2v) is 4.20. The van der Waals surface area contributed by atoms with Crippen molar-refractivity contribution in [3.63, 3.8) is 0 Å². The molecule has 2 heteroatoms. The molecule has 13 heavy (non-hydrogen) atoms. The number of aryl methyl sites for hydroxylation is 1. The Bertz CT molecular complexity index is 344. The largest absolute Gasteiger partial charge is 0.388 e. The Kier molecular flexibility index (Phi) is 2.51. The number of hydrogen-bond donors (Lipinski definition) is 1. The molecule has 1 aromatic carbocycles. The molecule has 1 N–H and O–H groups in total. The predicted molar refractivity (Wildman–Crippen MR) is 57.7 cm³/mol. The van der Waals surface area contributed by atoms with Crippen LogP contribution >= 0.6 is 15.9 Å². The van der Waals surface area contributed by atoms with E-state index in [1.807, 2.05) is 18.2 Å². The number of aliphatic hydroxyl groups excluding tert-OH is 1. The number of hydrogen-bond acceptors (Lipinski definition) is 1. The molecule has 0 radical (unpaired) electrons. The lowest BCUT2D eigenvalue weighted by Gasteiger charge is -2.04. The van der Waals surface area contributed by atoms with E-state index in [1.54, 1.807) is 0 Å². The van der Waals surface area contributed by atoms with Crippen molar-refractivity contribution < 1.29 is 5.11 Å². The molecule has 0 saturated carbocycles. The molecule has 0 bridgehead atoms. The molecule has 0 aromatic heterocycles. The highest BCUT2D eigenvalue weighted by Gasteiger charge is 2.13. The molecule has 1 aliphatic rings. The molecular weight excluding hydrogens is 228 g/mol. The topological polar surface area (TPSA) is 20.2 Å². The van der Waals surface area contributed by atoms with Crippen LogP contribution in [0.15, 0.2) is 28.7 Å². The zero-order valence-electron chi connectivity index (χ0n) is 7.20. The Balaban J connectivity index is 2.45. The van der Waals surface area contributed by atoms with Gasteiger partial charge >= 0.3 is 0 Å². The molecule has 1 unspecified atom stereocenters. The first-order valence-electron chi connectivity index (χ1n) is 4.40. The van der Waals surface area contributed by atoms with Crippen molar-refractivity contribution in [1.29, 1.82) is 0 Å². The first kappa shape index (κ1) is 8.97. The van der Waals surface area contributed by atoms with E-state index in [9.17, 15) is 5.11 Å². The number of halogens is 1. The minimum Gasteiger partial charge on any atom is -0.388 e. The van der Waals surface area contributed by atoms with Crippen LogP contribution in [0.3, 0.4) is 0 Å². The summed E-state index contributed by atoms with van der Waals surface area (Å²) in [5.41, 5.74) is 2.53. The molecule has 2 rings (SSSR count). The van der Waals surface area contributed by atoms with Gasteiger partial charge in [0.1, 0.15) is 0 Å². The van der Waals surface area contributed by atoms with Gasteiger partial charge in [0.05, 0.1) is 6.10 Å². The Morgan fingerprint density at radius 1 is 1.31 bits per heavy atom. The average Bonchev–Trinajstić information content (AvgIpc) is 2.28. The SMILES string of the molecule is OC1CCc2ccccc2C=C1Br. The van der Waals surface area contributed by atoms with E-state index in [2.05, 4.69) is 28.1 Å². The van der Waals surface area contributed by atoms with Crippen molar-refractivity contribution in [2.75, 3.05) is 0 Å².